The molecular weight excluding hydrogens is 90.1 g/mol. The van der Waals surface area contributed by atoms with Crippen LogP contribution in [0.3, 0.4) is 0 Å². The second kappa shape index (κ2) is 1.63. The third kappa shape index (κ3) is 3.33. The Balaban J connectivity index is 3.90. The fraction of sp³-hybridized carbons (Fsp3) is 0. The minimum atomic E-state index is -2.00. The average Bonchev–Trinajstić information content (AvgIpc) is 1.38. The van der Waals surface area contributed by atoms with Gasteiger partial charge in [-0.1, -0.05) is 0 Å². The lowest BCUT2D eigenvalue weighted by Gasteiger charge is -1.40. The van der Waals surface area contributed by atoms with Crippen LogP contribution in [0.15, 0.2) is 4.58 Å². The maximum Gasteiger partial charge on any atom is 0.204 e. The first-order chi connectivity index (χ1) is 2.27. The van der Waals surface area contributed by atoms with Gasteiger partial charge < -0.3 is 0 Å². The molecule has 0 aromatic rings. The van der Waals surface area contributed by atoms with Crippen LogP contribution >= 0.6 is 0 Å². The van der Waals surface area contributed by atoms with Crippen molar-refractivity contribution in [2.75, 3.05) is 0 Å². The lowest BCUT2D eigenvalue weighted by molar-refractivity contribution is 1.55. The summed E-state index contributed by atoms with van der Waals surface area (Å²) in [6, 6.07) is 0. The molecule has 0 aliphatic heterocycles. The Morgan fingerprint density at radius 2 is 2.20 bits per heavy atom. The highest BCUT2D eigenvalue weighted by Crippen LogP contribution is 1.54. The molecule has 0 heterocycles. The molecule has 0 amide bonds. The van der Waals surface area contributed by atoms with E-state index in [1.54, 1.807) is 0 Å². The number of rotatable bonds is 0. The third-order valence-electron chi connectivity index (χ3n) is 0.0706. The van der Waals surface area contributed by atoms with Gasteiger partial charge in [-0.2, -0.15) is 0 Å². The van der Waals surface area contributed by atoms with Crippen molar-refractivity contribution in [2.24, 2.45) is 4.58 Å². The Kier molecular flexibility index (Phi) is 1.41. The third-order valence-corrected chi connectivity index (χ3v) is 0.212. The molecule has 1 N–H and O–H groups in total. The fourth-order valence-corrected chi connectivity index (χ4v) is 0. The zero-order valence-electron chi connectivity index (χ0n) is 2.21. The highest BCUT2D eigenvalue weighted by molar-refractivity contribution is 7.70. The topological polar surface area (TPSA) is 77.1 Å². The first kappa shape index (κ1) is 4.33. The first-order valence-corrected chi connectivity index (χ1v) is 1.89. The SMILES string of the molecule is N#S(=N)N=O. The van der Waals surface area contributed by atoms with Gasteiger partial charge in [0, 0.05) is 0 Å². The summed E-state index contributed by atoms with van der Waals surface area (Å²) in [5, 5.41) is 0. The molecule has 0 radical (unpaired) electrons. The van der Waals surface area contributed by atoms with E-state index in [9.17, 15) is 0 Å². The van der Waals surface area contributed by atoms with Crippen LogP contribution in [0.5, 0.6) is 0 Å². The van der Waals surface area contributed by atoms with Crippen LogP contribution in [0, 0.1) is 14.3 Å². The molecule has 0 unspecified atom stereocenters. The molecule has 0 saturated heterocycles. The van der Waals surface area contributed by atoms with Crippen LogP contribution in [-0.4, -0.2) is 0 Å². The molecule has 0 fully saturated rings. The number of hydrogen-bond acceptors (Lipinski definition) is 3. The van der Waals surface area contributed by atoms with Crippen LogP contribution in [-0.2, 0) is 10.5 Å². The molecule has 0 saturated carbocycles. The van der Waals surface area contributed by atoms with Gasteiger partial charge in [0.25, 0.3) is 0 Å². The maximum atomic E-state index is 8.83. The van der Waals surface area contributed by atoms with Gasteiger partial charge in [-0.3, -0.25) is 0 Å². The van der Waals surface area contributed by atoms with Crippen molar-refractivity contribution in [1.82, 2.24) is 0 Å². The van der Waals surface area contributed by atoms with Crippen molar-refractivity contribution in [3.63, 3.8) is 0 Å². The van der Waals surface area contributed by atoms with E-state index >= 15 is 0 Å². The van der Waals surface area contributed by atoms with Crippen LogP contribution in [0.4, 0.5) is 0 Å². The normalized spacial score (nSPS) is 6.20. The van der Waals surface area contributed by atoms with Gasteiger partial charge in [-0.25, -0.2) is 4.78 Å². The summed E-state index contributed by atoms with van der Waals surface area (Å²) in [5.41, 5.74) is 0. The monoisotopic (exact) mass is 91.0 g/mol. The Bertz CT molecular complexity index is 128. The lowest BCUT2D eigenvalue weighted by atomic mass is 13.7. The Morgan fingerprint density at radius 1 is 2.00 bits per heavy atom. The maximum absolute atomic E-state index is 8.83. The number of nitrogens with one attached hydrogen (secondary N) is 1. The number of nitroso groups, excluding NO2 is 1. The quantitative estimate of drug-likeness (QED) is 0.441. The molecule has 0 bridgehead atoms. The average molecular weight is 91.1 g/mol. The van der Waals surface area contributed by atoms with E-state index in [1.807, 2.05) is 4.58 Å². The molecule has 0 aliphatic carbocycles. The van der Waals surface area contributed by atoms with E-state index < -0.39 is 10.5 Å². The first-order valence-electron chi connectivity index (χ1n) is 0.752. The molecule has 0 aliphatic rings. The van der Waals surface area contributed by atoms with Crippen LogP contribution in [0.2, 0.25) is 0 Å². The summed E-state index contributed by atoms with van der Waals surface area (Å²) >= 11 is 0. The predicted molar refractivity (Wildman–Crippen MR) is 17.6 cm³/mol. The second-order valence-corrected chi connectivity index (χ2v) is 1.02. The molecule has 5 heteroatoms. The van der Waals surface area contributed by atoms with Crippen LogP contribution in [0.1, 0.15) is 0 Å². The van der Waals surface area contributed by atoms with Gasteiger partial charge in [0.2, 0.25) is 10.5 Å². The van der Waals surface area contributed by atoms with Crippen molar-refractivity contribution in [2.45, 2.75) is 0 Å². The van der Waals surface area contributed by atoms with Gasteiger partial charge in [-0.05, 0) is 0 Å². The molecule has 5 heavy (non-hydrogen) atoms. The second-order valence-electron chi connectivity index (χ2n) is 0.339. The molecule has 28 valence electrons. The zero-order valence-corrected chi connectivity index (χ0v) is 3.03. The van der Waals surface area contributed by atoms with Crippen LogP contribution < -0.4 is 0 Å². The van der Waals surface area contributed by atoms with E-state index in [-0.39, 0.29) is 0 Å². The van der Waals surface area contributed by atoms with Gasteiger partial charge in [0.1, 0.15) is 0 Å². The van der Waals surface area contributed by atoms with Gasteiger partial charge in [-0.15, -0.1) is 9.52 Å². The van der Waals surface area contributed by atoms with Crippen LogP contribution in [0.25, 0.3) is 0 Å². The molecule has 0 spiro atoms. The van der Waals surface area contributed by atoms with E-state index in [0.717, 1.165) is 0 Å². The largest absolute Gasteiger partial charge is 0.208 e. The van der Waals surface area contributed by atoms with Crippen molar-refractivity contribution in [3.05, 3.63) is 4.91 Å². The minimum absolute atomic E-state index is 1.89. The van der Waals surface area contributed by atoms with Crippen molar-refractivity contribution in [3.8, 4) is 0 Å². The lowest BCUT2D eigenvalue weighted by Crippen LogP contribution is -1.39. The summed E-state index contributed by atoms with van der Waals surface area (Å²) in [4.78, 5) is 8.83. The van der Waals surface area contributed by atoms with E-state index in [1.165, 1.54) is 0 Å². The summed E-state index contributed by atoms with van der Waals surface area (Å²) in [6.07, 6.45) is 0. The van der Waals surface area contributed by atoms with Crippen molar-refractivity contribution in [1.29, 1.82) is 9.39 Å². The fourth-order valence-electron chi connectivity index (χ4n) is 0. The highest BCUT2D eigenvalue weighted by Gasteiger charge is 1.54. The summed E-state index contributed by atoms with van der Waals surface area (Å²) < 4.78 is 15.4. The van der Waals surface area contributed by atoms with E-state index in [2.05, 4.69) is 0 Å². The summed E-state index contributed by atoms with van der Waals surface area (Å²) in [6.45, 7) is 0. The molecule has 0 aromatic heterocycles. The van der Waals surface area contributed by atoms with E-state index in [4.69, 9.17) is 14.3 Å². The zero-order chi connectivity index (χ0) is 4.28. The number of hydrogen-bond donors (Lipinski definition) is 1. The minimum Gasteiger partial charge on any atom is -0.208 e. The standard InChI is InChI=1S/HN3OS/c1-5(2)3-4/h1H. The van der Waals surface area contributed by atoms with Crippen molar-refractivity contribution >= 4 is 10.5 Å². The summed E-state index contributed by atoms with van der Waals surface area (Å²) in [5.74, 6) is 0. The molecule has 0 aromatic carbocycles. The summed E-state index contributed by atoms with van der Waals surface area (Å²) in [7, 11) is -2.00. The molecule has 0 rings (SSSR count). The number of nitrogens with zero attached hydrogens (tertiary/aromatic N) is 2. The van der Waals surface area contributed by atoms with Crippen molar-refractivity contribution < 1.29 is 0 Å². The molecule has 0 atom stereocenters. The smallest absolute Gasteiger partial charge is 0.204 e. The van der Waals surface area contributed by atoms with Gasteiger partial charge in [0.15, 0.2) is 0 Å². The van der Waals surface area contributed by atoms with Gasteiger partial charge >= 0.3 is 0 Å². The Labute approximate surface area is 30.4 Å². The Morgan fingerprint density at radius 3 is 2.20 bits per heavy atom. The van der Waals surface area contributed by atoms with E-state index in [0.29, 0.717) is 0 Å². The predicted octanol–water partition coefficient (Wildman–Crippen LogP) is 0.528. The molecular formula is HN3OS. The molecule has 4 nitrogen and oxygen atoms in total. The van der Waals surface area contributed by atoms with Gasteiger partial charge in [0.05, 0.1) is 4.58 Å². The Hall–Kier alpha value is -0.670. The highest BCUT2D eigenvalue weighted by atomic mass is 32.2.